The molecule has 94 valence electrons. The molecule has 0 amide bonds. The Hall–Kier alpha value is -2.04. The molecule has 0 aromatic heterocycles. The minimum atomic E-state index is -4.06. The number of nitrogens with zero attached hydrogens (tertiary/aromatic N) is 2. The van der Waals surface area contributed by atoms with Crippen LogP contribution in [0.15, 0.2) is 47.9 Å². The molecule has 18 heavy (non-hydrogen) atoms. The summed E-state index contributed by atoms with van der Waals surface area (Å²) in [6.45, 7) is 3.43. The summed E-state index contributed by atoms with van der Waals surface area (Å²) in [5.41, 5.74) is 8.75. The maximum Gasteiger partial charge on any atom is 0.451 e. The van der Waals surface area contributed by atoms with Gasteiger partial charge in [-0.25, -0.2) is 8.42 Å². The van der Waals surface area contributed by atoms with Crippen molar-refractivity contribution in [2.45, 2.75) is 17.7 Å². The Morgan fingerprint density at radius 1 is 1.33 bits per heavy atom. The van der Waals surface area contributed by atoms with Crippen molar-refractivity contribution in [2.24, 2.45) is 0 Å². The van der Waals surface area contributed by atoms with E-state index >= 15 is 0 Å². The molecule has 0 radical (unpaired) electrons. The van der Waals surface area contributed by atoms with Gasteiger partial charge in [-0.1, -0.05) is 24.3 Å². The summed E-state index contributed by atoms with van der Waals surface area (Å²) in [7, 11) is -4.06. The molecule has 0 heterocycles. The zero-order valence-corrected chi connectivity index (χ0v) is 10.4. The number of benzene rings is 1. The van der Waals surface area contributed by atoms with Crippen LogP contribution in [0.25, 0.3) is 5.53 Å². The third-order valence-corrected chi connectivity index (χ3v) is 3.92. The summed E-state index contributed by atoms with van der Waals surface area (Å²) < 4.78 is 24.1. The average molecular weight is 264 g/mol. The van der Waals surface area contributed by atoms with Crippen LogP contribution < -0.4 is 0 Å². The van der Waals surface area contributed by atoms with Crippen LogP contribution in [-0.2, 0) is 14.6 Å². The molecule has 1 rings (SSSR count). The fourth-order valence-electron chi connectivity index (χ4n) is 1.31. The van der Waals surface area contributed by atoms with Crippen LogP contribution in [0.2, 0.25) is 0 Å². The predicted octanol–water partition coefficient (Wildman–Crippen LogP) is 1.62. The first-order valence-electron chi connectivity index (χ1n) is 5.20. The van der Waals surface area contributed by atoms with E-state index in [2.05, 4.69) is 11.4 Å². The van der Waals surface area contributed by atoms with Gasteiger partial charge in [0.15, 0.2) is 0 Å². The molecule has 0 atom stereocenters. The Morgan fingerprint density at radius 2 is 1.94 bits per heavy atom. The number of hydrogen-bond donors (Lipinski definition) is 0. The Morgan fingerprint density at radius 3 is 2.44 bits per heavy atom. The lowest BCUT2D eigenvalue weighted by molar-refractivity contribution is -0.116. The molecule has 0 saturated heterocycles. The zero-order chi connectivity index (χ0) is 13.6. The molecular formula is C12H12N2O3S. The second kappa shape index (κ2) is 6.05. The highest BCUT2D eigenvalue weighted by atomic mass is 32.2. The number of sulfone groups is 1. The molecule has 0 aliphatic carbocycles. The molecule has 0 unspecified atom stereocenters. The molecule has 0 saturated carbocycles. The number of carbonyl (C=O) groups is 1. The third-order valence-electron chi connectivity index (χ3n) is 2.21. The fourth-order valence-corrected chi connectivity index (χ4v) is 2.56. The summed E-state index contributed by atoms with van der Waals surface area (Å²) in [6.07, 6.45) is 1.75. The van der Waals surface area contributed by atoms with Crippen LogP contribution in [-0.4, -0.2) is 24.0 Å². The fraction of sp³-hybridized carbons (Fsp3) is 0.167. The number of hydrogen-bond acceptors (Lipinski definition) is 3. The summed E-state index contributed by atoms with van der Waals surface area (Å²) in [4.78, 5) is 14.2. The van der Waals surface area contributed by atoms with E-state index in [1.54, 1.807) is 6.07 Å². The molecule has 5 nitrogen and oxygen atoms in total. The largest absolute Gasteiger partial charge is 0.451 e. The minimum Gasteiger partial charge on any atom is -0.360 e. The number of allylic oxidation sites excluding steroid dienone is 1. The highest BCUT2D eigenvalue weighted by Gasteiger charge is 2.36. The van der Waals surface area contributed by atoms with Gasteiger partial charge >= 0.3 is 5.04 Å². The van der Waals surface area contributed by atoms with E-state index in [1.807, 2.05) is 0 Å². The number of carbonyl (C=O) groups excluding carboxylic acids is 1. The second-order valence-electron chi connectivity index (χ2n) is 3.47. The lowest BCUT2D eigenvalue weighted by atomic mass is 10.2. The van der Waals surface area contributed by atoms with Crippen molar-refractivity contribution in [3.63, 3.8) is 0 Å². The SMILES string of the molecule is C=CCCC(=O)C(=[N+]=[N-])S(=O)(=O)c1ccccc1. The van der Waals surface area contributed by atoms with Gasteiger partial charge in [0, 0.05) is 6.42 Å². The predicted molar refractivity (Wildman–Crippen MR) is 66.7 cm³/mol. The normalized spacial score (nSPS) is 10.4. The van der Waals surface area contributed by atoms with Gasteiger partial charge in [-0.3, -0.25) is 4.79 Å². The highest BCUT2D eigenvalue weighted by molar-refractivity contribution is 8.08. The Labute approximate surface area is 105 Å². The third kappa shape index (κ3) is 3.00. The van der Waals surface area contributed by atoms with Crippen LogP contribution in [0.4, 0.5) is 0 Å². The van der Waals surface area contributed by atoms with Crippen molar-refractivity contribution in [2.75, 3.05) is 0 Å². The molecule has 0 aliphatic rings. The molecule has 0 bridgehead atoms. The van der Waals surface area contributed by atoms with Gasteiger partial charge in [0.05, 0.1) is 4.90 Å². The molecule has 0 spiro atoms. The van der Waals surface area contributed by atoms with Crippen LogP contribution in [0.3, 0.4) is 0 Å². The average Bonchev–Trinajstić information content (AvgIpc) is 2.38. The maximum absolute atomic E-state index is 12.0. The van der Waals surface area contributed by atoms with Crippen LogP contribution in [0.1, 0.15) is 12.8 Å². The van der Waals surface area contributed by atoms with Crippen molar-refractivity contribution >= 4 is 20.7 Å². The smallest absolute Gasteiger partial charge is 0.360 e. The second-order valence-corrected chi connectivity index (χ2v) is 5.34. The van der Waals surface area contributed by atoms with E-state index in [1.165, 1.54) is 30.3 Å². The quantitative estimate of drug-likeness (QED) is 0.266. The molecule has 0 fully saturated rings. The summed E-state index contributed by atoms with van der Waals surface area (Å²) in [5, 5.41) is -0.837. The zero-order valence-electron chi connectivity index (χ0n) is 9.61. The molecule has 0 N–H and O–H groups in total. The number of rotatable bonds is 5. The van der Waals surface area contributed by atoms with Crippen molar-refractivity contribution in [1.29, 1.82) is 0 Å². The van der Waals surface area contributed by atoms with Crippen LogP contribution in [0.5, 0.6) is 0 Å². The van der Waals surface area contributed by atoms with Gasteiger partial charge in [0.2, 0.25) is 0 Å². The first kappa shape index (κ1) is 14.0. The van der Waals surface area contributed by atoms with Crippen molar-refractivity contribution in [3.8, 4) is 0 Å². The molecular weight excluding hydrogens is 252 g/mol. The van der Waals surface area contributed by atoms with Gasteiger partial charge in [-0.05, 0) is 18.6 Å². The van der Waals surface area contributed by atoms with E-state index in [0.717, 1.165) is 0 Å². The lowest BCUT2D eigenvalue weighted by Crippen LogP contribution is -2.25. The molecule has 0 aliphatic heterocycles. The molecule has 6 heteroatoms. The first-order chi connectivity index (χ1) is 8.54. The van der Waals surface area contributed by atoms with E-state index in [4.69, 9.17) is 5.53 Å². The Balaban J connectivity index is 3.15. The van der Waals surface area contributed by atoms with Gasteiger partial charge in [-0.15, -0.1) is 11.4 Å². The molecule has 1 aromatic rings. The Bertz CT molecular complexity index is 599. The summed E-state index contributed by atoms with van der Waals surface area (Å²) >= 11 is 0. The van der Waals surface area contributed by atoms with E-state index in [9.17, 15) is 13.2 Å². The van der Waals surface area contributed by atoms with Crippen molar-refractivity contribution in [3.05, 3.63) is 48.5 Å². The first-order valence-corrected chi connectivity index (χ1v) is 6.68. The molecule has 1 aromatic carbocycles. The van der Waals surface area contributed by atoms with Gasteiger partial charge in [0.25, 0.3) is 15.6 Å². The lowest BCUT2D eigenvalue weighted by Gasteiger charge is -1.98. The van der Waals surface area contributed by atoms with Gasteiger partial charge in [-0.2, -0.15) is 0 Å². The number of Topliss-reactive ketones (excluding diaryl/α,β-unsaturated/α-hetero) is 1. The monoisotopic (exact) mass is 264 g/mol. The van der Waals surface area contributed by atoms with Crippen LogP contribution in [0, 0.1) is 0 Å². The van der Waals surface area contributed by atoms with Crippen molar-refractivity contribution < 1.29 is 18.0 Å². The van der Waals surface area contributed by atoms with Gasteiger partial charge in [0.1, 0.15) is 0 Å². The number of ketones is 1. The standard InChI is InChI=1S/C12H12N2O3S/c1-2-3-9-11(15)12(14-13)18(16,17)10-7-5-4-6-8-10/h2,4-8H,1,3,9H2. The maximum atomic E-state index is 12.0. The Kier molecular flexibility index (Phi) is 4.71. The van der Waals surface area contributed by atoms with E-state index in [0.29, 0.717) is 6.42 Å². The highest BCUT2D eigenvalue weighted by Crippen LogP contribution is 2.12. The van der Waals surface area contributed by atoms with E-state index in [-0.39, 0.29) is 11.3 Å². The topological polar surface area (TPSA) is 87.6 Å². The summed E-state index contributed by atoms with van der Waals surface area (Å²) in [5.74, 6) is -0.735. The van der Waals surface area contributed by atoms with Gasteiger partial charge < -0.3 is 5.53 Å². The minimum absolute atomic E-state index is 0.0606. The van der Waals surface area contributed by atoms with E-state index < -0.39 is 20.7 Å². The van der Waals surface area contributed by atoms with Crippen molar-refractivity contribution in [1.82, 2.24) is 0 Å². The summed E-state index contributed by atoms with van der Waals surface area (Å²) in [6, 6.07) is 7.36. The van der Waals surface area contributed by atoms with Crippen LogP contribution >= 0.6 is 0 Å².